The van der Waals surface area contributed by atoms with Gasteiger partial charge in [-0.1, -0.05) is 20.8 Å². The van der Waals surface area contributed by atoms with Gasteiger partial charge in [0.15, 0.2) is 0 Å². The summed E-state index contributed by atoms with van der Waals surface area (Å²) in [6, 6.07) is 0. The van der Waals surface area contributed by atoms with Gasteiger partial charge in [-0.15, -0.1) is 0 Å². The number of rotatable bonds is 4. The number of aromatic amines is 1. The summed E-state index contributed by atoms with van der Waals surface area (Å²) in [7, 11) is 0. The van der Waals surface area contributed by atoms with Crippen LogP contribution >= 0.6 is 0 Å². The zero-order valence-electron chi connectivity index (χ0n) is 14.4. The molecule has 1 amide bonds. The van der Waals surface area contributed by atoms with Gasteiger partial charge in [0.25, 0.3) is 0 Å². The Hall–Kier alpha value is -1.36. The van der Waals surface area contributed by atoms with E-state index in [0.717, 1.165) is 36.2 Å². The summed E-state index contributed by atoms with van der Waals surface area (Å²) in [5.74, 6) is 0.458. The fourth-order valence-electron chi connectivity index (χ4n) is 4.33. The Labute approximate surface area is 132 Å². The normalized spacial score (nSPS) is 27.6. The standard InChI is InChI=1S/C17H29N3O2/c1-11-7-16(4,5)9-17(8-11,10-21)18-15(22)6-14-12(2)19-20-13(14)3/h11,21H,6-10H2,1-5H3,(H,18,22)(H,19,20)/t11-,17-/m1/s1. The molecule has 124 valence electrons. The van der Waals surface area contributed by atoms with Crippen LogP contribution < -0.4 is 5.32 Å². The van der Waals surface area contributed by atoms with Crippen LogP contribution in [0.3, 0.4) is 0 Å². The number of hydrogen-bond acceptors (Lipinski definition) is 3. The van der Waals surface area contributed by atoms with Crippen molar-refractivity contribution in [3.05, 3.63) is 17.0 Å². The minimum atomic E-state index is -0.496. The highest BCUT2D eigenvalue weighted by Crippen LogP contribution is 2.43. The molecule has 0 spiro atoms. The molecule has 3 N–H and O–H groups in total. The van der Waals surface area contributed by atoms with Gasteiger partial charge in [0.1, 0.15) is 0 Å². The number of nitrogens with zero attached hydrogens (tertiary/aromatic N) is 1. The number of aromatic nitrogens is 2. The first kappa shape index (κ1) is 17.0. The van der Waals surface area contributed by atoms with Gasteiger partial charge >= 0.3 is 0 Å². The maximum atomic E-state index is 12.5. The number of carbonyl (C=O) groups excluding carboxylic acids is 1. The van der Waals surface area contributed by atoms with Crippen molar-refractivity contribution in [3.63, 3.8) is 0 Å². The maximum Gasteiger partial charge on any atom is 0.225 e. The van der Waals surface area contributed by atoms with Crippen LogP contribution in [0, 0.1) is 25.2 Å². The second kappa shape index (κ2) is 6.03. The first-order chi connectivity index (χ1) is 10.2. The van der Waals surface area contributed by atoms with Crippen LogP contribution in [0.2, 0.25) is 0 Å². The molecule has 0 radical (unpaired) electrons. The predicted octanol–water partition coefficient (Wildman–Crippen LogP) is 2.26. The molecule has 1 heterocycles. The Bertz CT molecular complexity index is 531. The van der Waals surface area contributed by atoms with Crippen LogP contribution in [-0.4, -0.2) is 33.4 Å². The van der Waals surface area contributed by atoms with E-state index in [9.17, 15) is 9.90 Å². The molecule has 5 heteroatoms. The third-order valence-electron chi connectivity index (χ3n) is 4.78. The number of aliphatic hydroxyl groups is 1. The van der Waals surface area contributed by atoms with Gasteiger partial charge in [0.2, 0.25) is 5.91 Å². The third-order valence-corrected chi connectivity index (χ3v) is 4.78. The van der Waals surface area contributed by atoms with E-state index in [2.05, 4.69) is 36.3 Å². The molecule has 2 rings (SSSR count). The van der Waals surface area contributed by atoms with E-state index in [0.29, 0.717) is 12.3 Å². The lowest BCUT2D eigenvalue weighted by Crippen LogP contribution is -2.57. The molecule has 1 fully saturated rings. The topological polar surface area (TPSA) is 78.0 Å². The molecule has 5 nitrogen and oxygen atoms in total. The summed E-state index contributed by atoms with van der Waals surface area (Å²) in [4.78, 5) is 12.5. The molecule has 0 aliphatic heterocycles. The molecule has 2 atom stereocenters. The summed E-state index contributed by atoms with van der Waals surface area (Å²) < 4.78 is 0. The van der Waals surface area contributed by atoms with Gasteiger partial charge in [-0.25, -0.2) is 0 Å². The smallest absolute Gasteiger partial charge is 0.225 e. The fraction of sp³-hybridized carbons (Fsp3) is 0.765. The lowest BCUT2D eigenvalue weighted by atomic mass is 9.64. The summed E-state index contributed by atoms with van der Waals surface area (Å²) in [6.45, 7) is 10.4. The Morgan fingerprint density at radius 3 is 2.59 bits per heavy atom. The summed E-state index contributed by atoms with van der Waals surface area (Å²) in [5, 5.41) is 20.1. The number of aliphatic hydroxyl groups excluding tert-OH is 1. The van der Waals surface area contributed by atoms with Crippen molar-refractivity contribution in [1.29, 1.82) is 0 Å². The summed E-state index contributed by atoms with van der Waals surface area (Å²) in [6.07, 6.45) is 3.09. The highest BCUT2D eigenvalue weighted by atomic mass is 16.3. The van der Waals surface area contributed by atoms with Gasteiger partial charge in [-0.05, 0) is 44.4 Å². The third kappa shape index (κ3) is 3.69. The number of carbonyl (C=O) groups is 1. The molecular weight excluding hydrogens is 278 g/mol. The van der Waals surface area contributed by atoms with Crippen molar-refractivity contribution in [2.45, 2.75) is 65.8 Å². The van der Waals surface area contributed by atoms with Gasteiger partial charge < -0.3 is 10.4 Å². The van der Waals surface area contributed by atoms with Crippen molar-refractivity contribution in [2.75, 3.05) is 6.61 Å². The molecule has 1 aliphatic rings. The molecule has 1 saturated carbocycles. The molecule has 1 aromatic heterocycles. The van der Waals surface area contributed by atoms with Crippen molar-refractivity contribution >= 4 is 5.91 Å². The zero-order valence-corrected chi connectivity index (χ0v) is 14.4. The highest BCUT2D eigenvalue weighted by Gasteiger charge is 2.43. The highest BCUT2D eigenvalue weighted by molar-refractivity contribution is 5.80. The van der Waals surface area contributed by atoms with Crippen LogP contribution in [0.1, 0.15) is 57.0 Å². The molecule has 0 bridgehead atoms. The minimum Gasteiger partial charge on any atom is -0.394 e. The van der Waals surface area contributed by atoms with E-state index in [-0.39, 0.29) is 17.9 Å². The molecule has 1 aromatic rings. The van der Waals surface area contributed by atoms with E-state index in [1.165, 1.54) is 0 Å². The van der Waals surface area contributed by atoms with Crippen LogP contribution in [0.25, 0.3) is 0 Å². The average Bonchev–Trinajstić information content (AvgIpc) is 2.68. The van der Waals surface area contributed by atoms with Gasteiger partial charge in [-0.2, -0.15) is 5.10 Å². The summed E-state index contributed by atoms with van der Waals surface area (Å²) >= 11 is 0. The number of amides is 1. The van der Waals surface area contributed by atoms with Crippen LogP contribution in [0.15, 0.2) is 0 Å². The summed E-state index contributed by atoms with van der Waals surface area (Å²) in [5.41, 5.74) is 2.39. The Kier molecular flexibility index (Phi) is 4.66. The minimum absolute atomic E-state index is 0.00411. The Morgan fingerprint density at radius 2 is 2.09 bits per heavy atom. The van der Waals surface area contributed by atoms with Crippen molar-refractivity contribution in [2.24, 2.45) is 11.3 Å². The number of H-pyrrole nitrogens is 1. The van der Waals surface area contributed by atoms with Crippen molar-refractivity contribution in [3.8, 4) is 0 Å². The van der Waals surface area contributed by atoms with E-state index in [1.807, 2.05) is 13.8 Å². The van der Waals surface area contributed by atoms with Crippen LogP contribution in [0.5, 0.6) is 0 Å². The van der Waals surface area contributed by atoms with Gasteiger partial charge in [-0.3, -0.25) is 9.89 Å². The Morgan fingerprint density at radius 1 is 1.41 bits per heavy atom. The van der Waals surface area contributed by atoms with Crippen molar-refractivity contribution in [1.82, 2.24) is 15.5 Å². The monoisotopic (exact) mass is 307 g/mol. The largest absolute Gasteiger partial charge is 0.394 e. The Balaban J connectivity index is 2.11. The van der Waals surface area contributed by atoms with E-state index >= 15 is 0 Å². The first-order valence-corrected chi connectivity index (χ1v) is 8.09. The molecule has 22 heavy (non-hydrogen) atoms. The molecule has 1 aliphatic carbocycles. The number of hydrogen-bond donors (Lipinski definition) is 3. The van der Waals surface area contributed by atoms with Crippen molar-refractivity contribution < 1.29 is 9.90 Å². The zero-order chi connectivity index (χ0) is 16.5. The van der Waals surface area contributed by atoms with E-state index in [4.69, 9.17) is 0 Å². The SMILES string of the molecule is Cc1n[nH]c(C)c1CC(=O)N[C@]1(CO)C[C@H](C)CC(C)(C)C1. The van der Waals surface area contributed by atoms with Gasteiger partial charge in [0, 0.05) is 11.3 Å². The molecule has 0 aromatic carbocycles. The van der Waals surface area contributed by atoms with E-state index in [1.54, 1.807) is 0 Å². The number of nitrogens with one attached hydrogen (secondary N) is 2. The van der Waals surface area contributed by atoms with Crippen LogP contribution in [-0.2, 0) is 11.2 Å². The first-order valence-electron chi connectivity index (χ1n) is 8.09. The lowest BCUT2D eigenvalue weighted by molar-refractivity contribution is -0.124. The fourth-order valence-corrected chi connectivity index (χ4v) is 4.33. The van der Waals surface area contributed by atoms with Gasteiger partial charge in [0.05, 0.1) is 24.3 Å². The number of aryl methyl sites for hydroxylation is 2. The lowest BCUT2D eigenvalue weighted by Gasteiger charge is -2.47. The van der Waals surface area contributed by atoms with Crippen LogP contribution in [0.4, 0.5) is 0 Å². The second-order valence-corrected chi connectivity index (χ2v) is 7.93. The molecule has 0 unspecified atom stereocenters. The van der Waals surface area contributed by atoms with E-state index < -0.39 is 5.54 Å². The quantitative estimate of drug-likeness (QED) is 0.798. The average molecular weight is 307 g/mol. The maximum absolute atomic E-state index is 12.5. The molecular formula is C17H29N3O2. The molecule has 0 saturated heterocycles. The second-order valence-electron chi connectivity index (χ2n) is 7.93. The predicted molar refractivity (Wildman–Crippen MR) is 86.5 cm³/mol.